The van der Waals surface area contributed by atoms with Gasteiger partial charge in [-0.3, -0.25) is 0 Å². The lowest BCUT2D eigenvalue weighted by molar-refractivity contribution is 0.276. The molecule has 0 bridgehead atoms. The van der Waals surface area contributed by atoms with E-state index in [0.717, 1.165) is 11.4 Å². The summed E-state index contributed by atoms with van der Waals surface area (Å²) in [6.45, 7) is 0.187. The Hall–Kier alpha value is -3.24. The standard InChI is InChI=1S/C17H14FN5O/c18-14-2-1-12(8-19)13(7-14)9-20-15-3-5-17(6-4-15)23-10-16(11-24)21-22-23/h1-7,10,20,24H,9,11H2. The average Bonchev–Trinajstić information content (AvgIpc) is 3.10. The summed E-state index contributed by atoms with van der Waals surface area (Å²) >= 11 is 0. The van der Waals surface area contributed by atoms with E-state index in [0.29, 0.717) is 23.4 Å². The zero-order chi connectivity index (χ0) is 16.9. The van der Waals surface area contributed by atoms with Crippen molar-refractivity contribution in [1.82, 2.24) is 15.0 Å². The van der Waals surface area contributed by atoms with Crippen molar-refractivity contribution >= 4 is 5.69 Å². The summed E-state index contributed by atoms with van der Waals surface area (Å²) in [5, 5.41) is 29.0. The fraction of sp³-hybridized carbons (Fsp3) is 0.118. The Morgan fingerprint density at radius 1 is 1.21 bits per heavy atom. The predicted molar refractivity (Wildman–Crippen MR) is 85.7 cm³/mol. The molecule has 3 rings (SSSR count). The zero-order valence-corrected chi connectivity index (χ0v) is 12.6. The number of aliphatic hydroxyl groups excluding tert-OH is 1. The highest BCUT2D eigenvalue weighted by Crippen LogP contribution is 2.16. The molecule has 0 radical (unpaired) electrons. The predicted octanol–water partition coefficient (Wildman–Crippen LogP) is 2.38. The second-order valence-corrected chi connectivity index (χ2v) is 5.13. The number of benzene rings is 2. The lowest BCUT2D eigenvalue weighted by Gasteiger charge is -2.09. The first kappa shape index (κ1) is 15.6. The molecule has 7 heteroatoms. The van der Waals surface area contributed by atoms with Gasteiger partial charge in [-0.15, -0.1) is 5.10 Å². The molecule has 3 aromatic rings. The van der Waals surface area contributed by atoms with Crippen LogP contribution in [0.2, 0.25) is 0 Å². The monoisotopic (exact) mass is 323 g/mol. The number of aromatic nitrogens is 3. The largest absolute Gasteiger partial charge is 0.390 e. The minimum Gasteiger partial charge on any atom is -0.390 e. The van der Waals surface area contributed by atoms with Crippen molar-refractivity contribution < 1.29 is 9.50 Å². The van der Waals surface area contributed by atoms with Crippen molar-refractivity contribution in [3.8, 4) is 11.8 Å². The Kier molecular flexibility index (Phi) is 4.50. The maximum Gasteiger partial charge on any atom is 0.123 e. The van der Waals surface area contributed by atoms with Gasteiger partial charge in [0.25, 0.3) is 0 Å². The van der Waals surface area contributed by atoms with E-state index >= 15 is 0 Å². The van der Waals surface area contributed by atoms with Crippen LogP contribution in [0.3, 0.4) is 0 Å². The number of halogens is 1. The van der Waals surface area contributed by atoms with Gasteiger partial charge in [-0.05, 0) is 48.0 Å². The van der Waals surface area contributed by atoms with E-state index < -0.39 is 0 Å². The van der Waals surface area contributed by atoms with Gasteiger partial charge in [-0.2, -0.15) is 5.26 Å². The summed E-state index contributed by atoms with van der Waals surface area (Å²) in [5.41, 5.74) is 3.17. The minimum absolute atomic E-state index is 0.158. The van der Waals surface area contributed by atoms with Crippen molar-refractivity contribution in [2.24, 2.45) is 0 Å². The van der Waals surface area contributed by atoms with Crippen LogP contribution in [-0.4, -0.2) is 20.1 Å². The van der Waals surface area contributed by atoms with Crippen LogP contribution in [0.15, 0.2) is 48.7 Å². The van der Waals surface area contributed by atoms with E-state index in [2.05, 4.69) is 21.7 Å². The molecule has 6 nitrogen and oxygen atoms in total. The van der Waals surface area contributed by atoms with Gasteiger partial charge in [-0.25, -0.2) is 9.07 Å². The first-order valence-electron chi connectivity index (χ1n) is 7.24. The maximum absolute atomic E-state index is 13.3. The Labute approximate surface area is 137 Å². The molecule has 0 spiro atoms. The van der Waals surface area contributed by atoms with Crippen molar-refractivity contribution in [2.75, 3.05) is 5.32 Å². The van der Waals surface area contributed by atoms with Gasteiger partial charge in [0.15, 0.2) is 0 Å². The third-order valence-electron chi connectivity index (χ3n) is 3.51. The number of hydrogen-bond acceptors (Lipinski definition) is 5. The number of anilines is 1. The summed E-state index contributed by atoms with van der Waals surface area (Å²) in [6, 6.07) is 13.5. The summed E-state index contributed by atoms with van der Waals surface area (Å²) in [7, 11) is 0. The summed E-state index contributed by atoms with van der Waals surface area (Å²) in [6.07, 6.45) is 1.65. The number of nitrogens with one attached hydrogen (secondary N) is 1. The van der Waals surface area contributed by atoms with Crippen LogP contribution in [0.1, 0.15) is 16.8 Å². The van der Waals surface area contributed by atoms with Crippen LogP contribution in [0.5, 0.6) is 0 Å². The molecule has 0 saturated heterocycles. The van der Waals surface area contributed by atoms with E-state index in [-0.39, 0.29) is 12.4 Å². The van der Waals surface area contributed by atoms with Gasteiger partial charge in [0.1, 0.15) is 11.5 Å². The quantitative estimate of drug-likeness (QED) is 0.753. The molecule has 0 aliphatic heterocycles. The maximum atomic E-state index is 13.3. The van der Waals surface area contributed by atoms with Crippen LogP contribution in [-0.2, 0) is 13.2 Å². The van der Waals surface area contributed by atoms with Crippen LogP contribution < -0.4 is 5.32 Å². The van der Waals surface area contributed by atoms with Crippen LogP contribution >= 0.6 is 0 Å². The average molecular weight is 323 g/mol. The SMILES string of the molecule is N#Cc1ccc(F)cc1CNc1ccc(-n2cc(CO)nn2)cc1. The molecular weight excluding hydrogens is 309 g/mol. The highest BCUT2D eigenvalue weighted by molar-refractivity contribution is 5.50. The summed E-state index contributed by atoms with van der Waals surface area (Å²) < 4.78 is 14.9. The molecule has 2 aromatic carbocycles. The Bertz CT molecular complexity index is 883. The van der Waals surface area contributed by atoms with Gasteiger partial charge in [0.05, 0.1) is 30.1 Å². The molecule has 1 heterocycles. The van der Waals surface area contributed by atoms with Crippen molar-refractivity contribution in [3.63, 3.8) is 0 Å². The molecule has 0 amide bonds. The summed E-state index contributed by atoms with van der Waals surface area (Å²) in [5.74, 6) is -0.369. The third kappa shape index (κ3) is 3.39. The zero-order valence-electron chi connectivity index (χ0n) is 12.6. The van der Waals surface area contributed by atoms with E-state index in [4.69, 9.17) is 10.4 Å². The van der Waals surface area contributed by atoms with E-state index in [1.54, 1.807) is 10.9 Å². The molecule has 1 aromatic heterocycles. The molecule has 2 N–H and O–H groups in total. The first-order chi connectivity index (χ1) is 11.7. The van der Waals surface area contributed by atoms with Crippen LogP contribution in [0, 0.1) is 17.1 Å². The molecule has 0 atom stereocenters. The fourth-order valence-electron chi connectivity index (χ4n) is 2.24. The Morgan fingerprint density at radius 2 is 2.00 bits per heavy atom. The van der Waals surface area contributed by atoms with E-state index in [1.807, 2.05) is 24.3 Å². The smallest absolute Gasteiger partial charge is 0.123 e. The van der Waals surface area contributed by atoms with Gasteiger partial charge >= 0.3 is 0 Å². The van der Waals surface area contributed by atoms with Gasteiger partial charge in [0.2, 0.25) is 0 Å². The second-order valence-electron chi connectivity index (χ2n) is 5.13. The number of nitriles is 1. The van der Waals surface area contributed by atoms with Crippen LogP contribution in [0.25, 0.3) is 5.69 Å². The highest BCUT2D eigenvalue weighted by Gasteiger charge is 2.05. The molecule has 0 saturated carbocycles. The van der Waals surface area contributed by atoms with Crippen molar-refractivity contribution in [2.45, 2.75) is 13.2 Å². The van der Waals surface area contributed by atoms with E-state index in [1.165, 1.54) is 18.2 Å². The second kappa shape index (κ2) is 6.89. The van der Waals surface area contributed by atoms with Gasteiger partial charge in [0, 0.05) is 12.2 Å². The number of nitrogens with zero attached hydrogens (tertiary/aromatic N) is 4. The first-order valence-corrected chi connectivity index (χ1v) is 7.24. The minimum atomic E-state index is -0.369. The Morgan fingerprint density at radius 3 is 2.67 bits per heavy atom. The molecule has 24 heavy (non-hydrogen) atoms. The molecule has 0 aliphatic carbocycles. The van der Waals surface area contributed by atoms with Crippen molar-refractivity contribution in [1.29, 1.82) is 5.26 Å². The lowest BCUT2D eigenvalue weighted by atomic mass is 10.1. The topological polar surface area (TPSA) is 86.8 Å². The van der Waals surface area contributed by atoms with Crippen molar-refractivity contribution in [3.05, 3.63) is 71.3 Å². The normalized spacial score (nSPS) is 10.4. The number of aliphatic hydroxyl groups is 1. The van der Waals surface area contributed by atoms with Gasteiger partial charge < -0.3 is 10.4 Å². The lowest BCUT2D eigenvalue weighted by Crippen LogP contribution is -2.03. The van der Waals surface area contributed by atoms with E-state index in [9.17, 15) is 4.39 Å². The van der Waals surface area contributed by atoms with Crippen LogP contribution in [0.4, 0.5) is 10.1 Å². The molecule has 0 aliphatic rings. The Balaban J connectivity index is 1.71. The molecule has 0 unspecified atom stereocenters. The summed E-state index contributed by atoms with van der Waals surface area (Å²) in [4.78, 5) is 0. The molecule has 120 valence electrons. The van der Waals surface area contributed by atoms with Gasteiger partial charge in [-0.1, -0.05) is 5.21 Å². The molecule has 0 fully saturated rings. The highest BCUT2D eigenvalue weighted by atomic mass is 19.1. The number of rotatable bonds is 5. The molecular formula is C17H14FN5O. The third-order valence-corrected chi connectivity index (χ3v) is 3.51. The number of hydrogen-bond donors (Lipinski definition) is 2. The fourth-order valence-corrected chi connectivity index (χ4v) is 2.24.